The summed E-state index contributed by atoms with van der Waals surface area (Å²) in [6.07, 6.45) is 2.45. The summed E-state index contributed by atoms with van der Waals surface area (Å²) in [5.41, 5.74) is 3.35. The predicted molar refractivity (Wildman–Crippen MR) is 79.9 cm³/mol. The number of hydrogen-bond acceptors (Lipinski definition) is 4. The van der Waals surface area contributed by atoms with Crippen LogP contribution >= 0.6 is 0 Å². The molecule has 1 aromatic carbocycles. The Bertz CT molecular complexity index is 713. The lowest BCUT2D eigenvalue weighted by Gasteiger charge is -2.18. The molecule has 3 rings (SSSR count). The van der Waals surface area contributed by atoms with Crippen LogP contribution < -0.4 is 9.64 Å². The van der Waals surface area contributed by atoms with Crippen molar-refractivity contribution >= 4 is 11.6 Å². The maximum absolute atomic E-state index is 12.7. The lowest BCUT2D eigenvalue weighted by atomic mass is 10.1. The van der Waals surface area contributed by atoms with E-state index in [1.165, 1.54) is 0 Å². The van der Waals surface area contributed by atoms with E-state index in [-0.39, 0.29) is 5.91 Å². The molecule has 5 nitrogen and oxygen atoms in total. The number of anilines is 1. The minimum atomic E-state index is -0.0450. The van der Waals surface area contributed by atoms with Gasteiger partial charge in [-0.1, -0.05) is 0 Å². The van der Waals surface area contributed by atoms with Crippen molar-refractivity contribution in [3.63, 3.8) is 0 Å². The zero-order chi connectivity index (χ0) is 15.0. The fourth-order valence-electron chi connectivity index (χ4n) is 2.65. The Morgan fingerprint density at radius 3 is 2.86 bits per heavy atom. The minimum absolute atomic E-state index is 0.0450. The Morgan fingerprint density at radius 2 is 2.14 bits per heavy atom. The molecule has 0 saturated heterocycles. The van der Waals surface area contributed by atoms with E-state index in [0.717, 1.165) is 29.1 Å². The molecule has 0 fully saturated rings. The number of hydrogen-bond donors (Lipinski definition) is 0. The number of benzene rings is 1. The molecule has 108 valence electrons. The zero-order valence-corrected chi connectivity index (χ0v) is 12.4. The number of carbonyl (C=O) groups is 1. The number of ether oxygens (including phenoxy) is 1. The fourth-order valence-corrected chi connectivity index (χ4v) is 2.65. The third kappa shape index (κ3) is 2.35. The molecule has 2 aromatic rings. The number of fused-ring (bicyclic) bond motifs is 1. The summed E-state index contributed by atoms with van der Waals surface area (Å²) in [5.74, 6) is 1.45. The molecule has 0 N–H and O–H groups in total. The van der Waals surface area contributed by atoms with E-state index in [4.69, 9.17) is 4.74 Å². The van der Waals surface area contributed by atoms with Gasteiger partial charge in [-0.25, -0.2) is 9.97 Å². The van der Waals surface area contributed by atoms with Crippen LogP contribution in [0.25, 0.3) is 0 Å². The van der Waals surface area contributed by atoms with Gasteiger partial charge in [-0.05, 0) is 44.0 Å². The molecule has 0 aliphatic carbocycles. The maximum Gasteiger partial charge on any atom is 0.261 e. The van der Waals surface area contributed by atoms with Crippen LogP contribution in [0.15, 0.2) is 24.4 Å². The highest BCUT2D eigenvalue weighted by Gasteiger charge is 2.27. The Morgan fingerprint density at radius 1 is 1.33 bits per heavy atom. The Hall–Kier alpha value is -2.43. The molecule has 1 aliphatic heterocycles. The number of methoxy groups -OCH3 is 1. The molecule has 5 heteroatoms. The van der Waals surface area contributed by atoms with Crippen molar-refractivity contribution < 1.29 is 9.53 Å². The van der Waals surface area contributed by atoms with Crippen LogP contribution in [0, 0.1) is 13.8 Å². The van der Waals surface area contributed by atoms with Crippen molar-refractivity contribution in [2.24, 2.45) is 0 Å². The van der Waals surface area contributed by atoms with E-state index in [0.29, 0.717) is 17.9 Å². The zero-order valence-electron chi connectivity index (χ0n) is 12.4. The first-order chi connectivity index (χ1) is 10.1. The second kappa shape index (κ2) is 5.16. The molecule has 0 radical (unpaired) electrons. The summed E-state index contributed by atoms with van der Waals surface area (Å²) >= 11 is 0. The highest BCUT2D eigenvalue weighted by Crippen LogP contribution is 2.32. The monoisotopic (exact) mass is 283 g/mol. The molecule has 2 heterocycles. The quantitative estimate of drug-likeness (QED) is 0.848. The van der Waals surface area contributed by atoms with Crippen LogP contribution in [0.1, 0.15) is 27.4 Å². The van der Waals surface area contributed by atoms with Gasteiger partial charge in [0.25, 0.3) is 5.91 Å². The topological polar surface area (TPSA) is 55.3 Å². The molecule has 0 unspecified atom stereocenters. The number of amides is 1. The molecule has 1 amide bonds. The smallest absolute Gasteiger partial charge is 0.261 e. The van der Waals surface area contributed by atoms with Gasteiger partial charge in [-0.3, -0.25) is 4.79 Å². The lowest BCUT2D eigenvalue weighted by molar-refractivity contribution is 0.0988. The standard InChI is InChI=1S/C16H17N3O2/c1-10-14(9-17-11(2)18-10)16(20)19-7-6-12-8-13(21-3)4-5-15(12)19/h4-5,8-9H,6-7H2,1-3H3. The van der Waals surface area contributed by atoms with Gasteiger partial charge in [0.1, 0.15) is 11.6 Å². The van der Waals surface area contributed by atoms with Crippen LogP contribution in [0.2, 0.25) is 0 Å². The van der Waals surface area contributed by atoms with Gasteiger partial charge < -0.3 is 9.64 Å². The highest BCUT2D eigenvalue weighted by atomic mass is 16.5. The number of carbonyl (C=O) groups excluding carboxylic acids is 1. The van der Waals surface area contributed by atoms with E-state index in [2.05, 4.69) is 9.97 Å². The summed E-state index contributed by atoms with van der Waals surface area (Å²) in [4.78, 5) is 22.9. The van der Waals surface area contributed by atoms with E-state index in [1.54, 1.807) is 18.2 Å². The largest absolute Gasteiger partial charge is 0.497 e. The van der Waals surface area contributed by atoms with Gasteiger partial charge in [0, 0.05) is 18.4 Å². The Kier molecular flexibility index (Phi) is 3.33. The van der Waals surface area contributed by atoms with Crippen LogP contribution in [-0.2, 0) is 6.42 Å². The molecule has 0 spiro atoms. The minimum Gasteiger partial charge on any atom is -0.497 e. The summed E-state index contributed by atoms with van der Waals surface area (Å²) in [6.45, 7) is 4.33. The van der Waals surface area contributed by atoms with Gasteiger partial charge in [0.05, 0.1) is 18.4 Å². The predicted octanol–water partition coefficient (Wildman–Crippen LogP) is 2.30. The first kappa shape index (κ1) is 13.5. The normalized spacial score (nSPS) is 13.2. The molecular formula is C16H17N3O2. The van der Waals surface area contributed by atoms with Crippen LogP contribution in [0.4, 0.5) is 5.69 Å². The van der Waals surface area contributed by atoms with Crippen molar-refractivity contribution in [3.05, 3.63) is 47.0 Å². The third-order valence-electron chi connectivity index (χ3n) is 3.76. The molecule has 21 heavy (non-hydrogen) atoms. The Labute approximate surface area is 123 Å². The molecule has 0 bridgehead atoms. The third-order valence-corrected chi connectivity index (χ3v) is 3.76. The SMILES string of the molecule is COc1ccc2c(c1)CCN2C(=O)c1cnc(C)nc1C. The van der Waals surface area contributed by atoms with Gasteiger partial charge in [0.15, 0.2) is 0 Å². The average molecular weight is 283 g/mol. The van der Waals surface area contributed by atoms with Crippen LogP contribution in [0.3, 0.4) is 0 Å². The maximum atomic E-state index is 12.7. The lowest BCUT2D eigenvalue weighted by Crippen LogP contribution is -2.30. The second-order valence-electron chi connectivity index (χ2n) is 5.12. The summed E-state index contributed by atoms with van der Waals surface area (Å²) in [6, 6.07) is 5.80. The number of nitrogens with zero attached hydrogens (tertiary/aromatic N) is 3. The summed E-state index contributed by atoms with van der Waals surface area (Å²) in [5, 5.41) is 0. The average Bonchev–Trinajstić information content (AvgIpc) is 2.89. The number of rotatable bonds is 2. The number of aromatic nitrogens is 2. The van der Waals surface area contributed by atoms with E-state index in [9.17, 15) is 4.79 Å². The van der Waals surface area contributed by atoms with Gasteiger partial charge in [-0.2, -0.15) is 0 Å². The molecule has 0 saturated carbocycles. The van der Waals surface area contributed by atoms with Crippen LogP contribution in [0.5, 0.6) is 5.75 Å². The van der Waals surface area contributed by atoms with Crippen LogP contribution in [-0.4, -0.2) is 29.5 Å². The molecule has 0 atom stereocenters. The highest BCUT2D eigenvalue weighted by molar-refractivity contribution is 6.07. The van der Waals surface area contributed by atoms with Gasteiger partial charge >= 0.3 is 0 Å². The first-order valence-corrected chi connectivity index (χ1v) is 6.89. The van der Waals surface area contributed by atoms with E-state index < -0.39 is 0 Å². The molecule has 1 aromatic heterocycles. The molecule has 1 aliphatic rings. The van der Waals surface area contributed by atoms with Crippen molar-refractivity contribution in [1.29, 1.82) is 0 Å². The second-order valence-corrected chi connectivity index (χ2v) is 5.12. The first-order valence-electron chi connectivity index (χ1n) is 6.89. The Balaban J connectivity index is 1.95. The number of aryl methyl sites for hydroxylation is 2. The van der Waals surface area contributed by atoms with Crippen molar-refractivity contribution in [1.82, 2.24) is 9.97 Å². The fraction of sp³-hybridized carbons (Fsp3) is 0.312. The van der Waals surface area contributed by atoms with E-state index in [1.807, 2.05) is 32.0 Å². The van der Waals surface area contributed by atoms with E-state index >= 15 is 0 Å². The van der Waals surface area contributed by atoms with Crippen molar-refractivity contribution in [3.8, 4) is 5.75 Å². The van der Waals surface area contributed by atoms with Crippen molar-refractivity contribution in [2.45, 2.75) is 20.3 Å². The van der Waals surface area contributed by atoms with Gasteiger partial charge in [-0.15, -0.1) is 0 Å². The summed E-state index contributed by atoms with van der Waals surface area (Å²) in [7, 11) is 1.65. The molecular weight excluding hydrogens is 266 g/mol. The van der Waals surface area contributed by atoms with Crippen molar-refractivity contribution in [2.75, 3.05) is 18.6 Å². The summed E-state index contributed by atoms with van der Waals surface area (Å²) < 4.78 is 5.23. The van der Waals surface area contributed by atoms with Gasteiger partial charge in [0.2, 0.25) is 0 Å².